The molecule has 1 N–H and O–H groups in total. The molecule has 6 nitrogen and oxygen atoms in total. The molecule has 0 saturated heterocycles. The molecule has 1 aromatic heterocycles. The number of ether oxygens (including phenoxy) is 1. The summed E-state index contributed by atoms with van der Waals surface area (Å²) in [5, 5.41) is 21.1. The molecule has 0 fully saturated rings. The van der Waals surface area contributed by atoms with Gasteiger partial charge in [0.1, 0.15) is 11.5 Å². The molecule has 1 heterocycles. The largest absolute Gasteiger partial charge is 0.508 e. The van der Waals surface area contributed by atoms with E-state index in [2.05, 4.69) is 15.5 Å². The molecular formula is C14H12N4O2. The topological polar surface area (TPSA) is 73.1 Å². The maximum Gasteiger partial charge on any atom is 0.345 e. The van der Waals surface area contributed by atoms with Crippen molar-refractivity contribution in [1.82, 2.24) is 20.2 Å². The number of nitrogens with zero attached hydrogens (tertiary/aromatic N) is 4. The molecule has 0 aliphatic rings. The van der Waals surface area contributed by atoms with Crippen molar-refractivity contribution < 1.29 is 9.84 Å². The van der Waals surface area contributed by atoms with Gasteiger partial charge in [0.2, 0.25) is 0 Å². The van der Waals surface area contributed by atoms with E-state index < -0.39 is 0 Å². The molecular weight excluding hydrogens is 256 g/mol. The Bertz CT molecular complexity index is 725. The fraction of sp³-hybridized carbons (Fsp3) is 0.0714. The van der Waals surface area contributed by atoms with Gasteiger partial charge in [-0.05, 0) is 41.6 Å². The van der Waals surface area contributed by atoms with Crippen LogP contribution >= 0.6 is 0 Å². The number of phenolic OH excluding ortho intramolecular Hbond substituents is 1. The second-order valence-electron chi connectivity index (χ2n) is 4.21. The van der Waals surface area contributed by atoms with E-state index >= 15 is 0 Å². The highest BCUT2D eigenvalue weighted by atomic mass is 16.5. The van der Waals surface area contributed by atoms with Crippen molar-refractivity contribution in [3.8, 4) is 23.2 Å². The van der Waals surface area contributed by atoms with Crippen LogP contribution in [-0.2, 0) is 0 Å². The number of aromatic hydroxyl groups is 1. The molecule has 100 valence electrons. The van der Waals surface area contributed by atoms with Gasteiger partial charge in [-0.15, -0.1) is 0 Å². The molecule has 0 amide bonds. The Kier molecular flexibility index (Phi) is 3.04. The summed E-state index contributed by atoms with van der Waals surface area (Å²) >= 11 is 0. The van der Waals surface area contributed by atoms with Crippen molar-refractivity contribution in [1.29, 1.82) is 0 Å². The van der Waals surface area contributed by atoms with Gasteiger partial charge in [-0.2, -0.15) is 4.68 Å². The van der Waals surface area contributed by atoms with Gasteiger partial charge in [-0.25, -0.2) is 0 Å². The minimum Gasteiger partial charge on any atom is -0.508 e. The third-order valence-electron chi connectivity index (χ3n) is 2.90. The van der Waals surface area contributed by atoms with Crippen molar-refractivity contribution in [3.63, 3.8) is 0 Å². The van der Waals surface area contributed by atoms with Crippen molar-refractivity contribution in [2.45, 2.75) is 6.92 Å². The number of hydrogen-bond acceptors (Lipinski definition) is 5. The molecule has 0 radical (unpaired) electrons. The molecule has 0 spiro atoms. The molecule has 0 aliphatic carbocycles. The zero-order valence-corrected chi connectivity index (χ0v) is 10.8. The molecule has 20 heavy (non-hydrogen) atoms. The van der Waals surface area contributed by atoms with Gasteiger partial charge < -0.3 is 9.84 Å². The summed E-state index contributed by atoms with van der Waals surface area (Å²) in [4.78, 5) is 0. The molecule has 0 atom stereocenters. The molecule has 0 unspecified atom stereocenters. The lowest BCUT2D eigenvalue weighted by Gasteiger charge is -2.09. The van der Waals surface area contributed by atoms with E-state index in [1.807, 2.05) is 30.3 Å². The fourth-order valence-corrected chi connectivity index (χ4v) is 1.79. The first kappa shape index (κ1) is 12.2. The van der Waals surface area contributed by atoms with Crippen LogP contribution in [0.5, 0.6) is 17.5 Å². The van der Waals surface area contributed by atoms with Crippen LogP contribution in [0.3, 0.4) is 0 Å². The molecule has 0 aliphatic heterocycles. The van der Waals surface area contributed by atoms with Gasteiger partial charge in [-0.3, -0.25) is 0 Å². The lowest BCUT2D eigenvalue weighted by Crippen LogP contribution is -2.00. The number of benzene rings is 2. The monoisotopic (exact) mass is 268 g/mol. The number of hydrogen-bond donors (Lipinski definition) is 1. The van der Waals surface area contributed by atoms with E-state index in [0.29, 0.717) is 11.3 Å². The van der Waals surface area contributed by atoms with Crippen LogP contribution in [0, 0.1) is 6.92 Å². The zero-order chi connectivity index (χ0) is 13.9. The normalized spacial score (nSPS) is 10.4. The molecule has 3 aromatic rings. The van der Waals surface area contributed by atoms with Crippen molar-refractivity contribution >= 4 is 0 Å². The number of rotatable bonds is 3. The highest BCUT2D eigenvalue weighted by Crippen LogP contribution is 2.29. The van der Waals surface area contributed by atoms with Gasteiger partial charge >= 0.3 is 6.01 Å². The number of tetrazole rings is 1. The third kappa shape index (κ3) is 2.18. The predicted molar refractivity (Wildman–Crippen MR) is 72.1 cm³/mol. The quantitative estimate of drug-likeness (QED) is 0.790. The second kappa shape index (κ2) is 5.00. The Labute approximate surface area is 115 Å². The summed E-state index contributed by atoms with van der Waals surface area (Å²) in [6.45, 7) is 1.77. The Morgan fingerprint density at radius 1 is 1.05 bits per heavy atom. The minimum absolute atomic E-state index is 0.168. The summed E-state index contributed by atoms with van der Waals surface area (Å²) in [5.41, 5.74) is 1.43. The average molecular weight is 268 g/mol. The Hall–Kier alpha value is -2.89. The van der Waals surface area contributed by atoms with Crippen LogP contribution in [0.1, 0.15) is 5.56 Å². The maximum absolute atomic E-state index is 9.68. The van der Waals surface area contributed by atoms with Gasteiger partial charge in [-0.1, -0.05) is 29.4 Å². The molecule has 6 heteroatoms. The van der Waals surface area contributed by atoms with E-state index in [-0.39, 0.29) is 11.8 Å². The SMILES string of the molecule is Cc1c(O)cccc1Oc1nnnn1-c1ccccc1. The first-order valence-corrected chi connectivity index (χ1v) is 6.06. The fourth-order valence-electron chi connectivity index (χ4n) is 1.79. The standard InChI is InChI=1S/C14H12N4O2/c1-10-12(19)8-5-9-13(10)20-14-15-16-17-18(14)11-6-3-2-4-7-11/h2-9,19H,1H3. The lowest BCUT2D eigenvalue weighted by atomic mass is 10.2. The summed E-state index contributed by atoms with van der Waals surface area (Å²) in [6.07, 6.45) is 0. The van der Waals surface area contributed by atoms with Gasteiger partial charge in [0.25, 0.3) is 0 Å². The molecule has 2 aromatic carbocycles. The smallest absolute Gasteiger partial charge is 0.345 e. The number of para-hydroxylation sites is 1. The lowest BCUT2D eigenvalue weighted by molar-refractivity contribution is 0.414. The Balaban J connectivity index is 1.97. The van der Waals surface area contributed by atoms with E-state index in [1.165, 1.54) is 4.68 Å². The van der Waals surface area contributed by atoms with E-state index in [1.54, 1.807) is 25.1 Å². The first-order chi connectivity index (χ1) is 9.75. The molecule has 0 saturated carbocycles. The van der Waals surface area contributed by atoms with Gasteiger partial charge in [0, 0.05) is 5.56 Å². The van der Waals surface area contributed by atoms with Crippen molar-refractivity contribution in [3.05, 3.63) is 54.1 Å². The van der Waals surface area contributed by atoms with Crippen LogP contribution in [0.25, 0.3) is 5.69 Å². The Morgan fingerprint density at radius 2 is 1.85 bits per heavy atom. The summed E-state index contributed by atoms with van der Waals surface area (Å²) in [5.74, 6) is 0.679. The van der Waals surface area contributed by atoms with E-state index in [9.17, 15) is 5.11 Å². The van der Waals surface area contributed by atoms with Crippen molar-refractivity contribution in [2.24, 2.45) is 0 Å². The maximum atomic E-state index is 9.68. The zero-order valence-electron chi connectivity index (χ0n) is 10.8. The van der Waals surface area contributed by atoms with E-state index in [4.69, 9.17) is 4.74 Å². The number of aromatic nitrogens is 4. The van der Waals surface area contributed by atoms with Gasteiger partial charge in [0.05, 0.1) is 5.69 Å². The predicted octanol–water partition coefficient (Wildman–Crippen LogP) is 2.47. The van der Waals surface area contributed by atoms with Gasteiger partial charge in [0.15, 0.2) is 0 Å². The highest BCUT2D eigenvalue weighted by molar-refractivity contribution is 5.44. The van der Waals surface area contributed by atoms with Crippen LogP contribution in [0.2, 0.25) is 0 Å². The molecule has 3 rings (SSSR count). The number of phenols is 1. The second-order valence-corrected chi connectivity index (χ2v) is 4.21. The third-order valence-corrected chi connectivity index (χ3v) is 2.90. The van der Waals surface area contributed by atoms with E-state index in [0.717, 1.165) is 5.69 Å². The molecule has 0 bridgehead atoms. The summed E-state index contributed by atoms with van der Waals surface area (Å²) in [6, 6.07) is 14.7. The van der Waals surface area contributed by atoms with Crippen LogP contribution in [-0.4, -0.2) is 25.3 Å². The van der Waals surface area contributed by atoms with Crippen LogP contribution < -0.4 is 4.74 Å². The highest BCUT2D eigenvalue weighted by Gasteiger charge is 2.12. The van der Waals surface area contributed by atoms with Crippen LogP contribution in [0.4, 0.5) is 0 Å². The average Bonchev–Trinajstić information content (AvgIpc) is 2.93. The summed E-state index contributed by atoms with van der Waals surface area (Å²) < 4.78 is 7.17. The minimum atomic E-state index is 0.168. The first-order valence-electron chi connectivity index (χ1n) is 6.06. The Morgan fingerprint density at radius 3 is 2.65 bits per heavy atom. The summed E-state index contributed by atoms with van der Waals surface area (Å²) in [7, 11) is 0. The van der Waals surface area contributed by atoms with Crippen molar-refractivity contribution in [2.75, 3.05) is 0 Å². The van der Waals surface area contributed by atoms with Crippen LogP contribution in [0.15, 0.2) is 48.5 Å².